The second-order valence-corrected chi connectivity index (χ2v) is 29.1. The highest BCUT2D eigenvalue weighted by molar-refractivity contribution is 14.1. The van der Waals surface area contributed by atoms with E-state index in [9.17, 15) is 84.9 Å². The number of aliphatic hydroxyl groups excluding tert-OH is 11. The van der Waals surface area contributed by atoms with Gasteiger partial charge in [-0.25, -0.2) is 0 Å². The maximum Gasteiger partial charge on any atom is 0.253 e. The topological polar surface area (TPSA) is 498 Å². The van der Waals surface area contributed by atoms with Gasteiger partial charge in [-0.3, -0.25) is 43.2 Å². The molecule has 0 aliphatic rings. The van der Waals surface area contributed by atoms with E-state index in [0.717, 1.165) is 20.8 Å². The Balaban J connectivity index is 2.66. The summed E-state index contributed by atoms with van der Waals surface area (Å²) in [6.07, 6.45) is -5.45. The molecule has 4 atom stereocenters. The predicted molar refractivity (Wildman–Crippen MR) is 392 cm³/mol. The number of nitrogens with one attached hydrogen (secondary N) is 8. The molecule has 0 radical (unpaired) electrons. The number of carbonyl (C=O) groups excluding carboxylic acids is 9. The van der Waals surface area contributed by atoms with Gasteiger partial charge in [0.2, 0.25) is 0 Å². The third-order valence-corrected chi connectivity index (χ3v) is 22.8. The number of carbonyl (C=O) groups is 9. The summed E-state index contributed by atoms with van der Waals surface area (Å²) in [7, 11) is 0. The number of primary amides is 1. The Bertz CT molecular complexity index is 3020. The SMILES string of the molecule is C[C@H](O)C(=O)Nc1c(I)c(C(N)=O)c(I)c(C(=O)NC(C(CO)CO)C(CNC(=O)c2c(I)c(NC(=O)[C@H](C)O)c(I)c(C(=O)NC(CO)CO)c2I)(CNC(=O)c2c(I)c(NC(=O)[C@H](C)O)c(I)c(C(=O)NC(CO)CO)c2I)CC(CO)CO)c1I. The monoisotopic (exact) mass is 2250 g/mol. The fourth-order valence-corrected chi connectivity index (χ4v) is 21.6. The summed E-state index contributed by atoms with van der Waals surface area (Å²) in [5.41, 5.74) is 1.39. The second kappa shape index (κ2) is 37.4. The molecule has 9 amide bonds. The van der Waals surface area contributed by atoms with Crippen molar-refractivity contribution in [3.8, 4) is 0 Å². The molecule has 3 aromatic carbocycles. The highest BCUT2D eigenvalue weighted by atomic mass is 127. The number of amides is 9. The second-order valence-electron chi connectivity index (χ2n) is 19.4. The van der Waals surface area contributed by atoms with E-state index in [1.807, 2.05) is 0 Å². The zero-order valence-corrected chi connectivity index (χ0v) is 65.4. The molecule has 0 saturated heterocycles. The van der Waals surface area contributed by atoms with Gasteiger partial charge in [0, 0.05) is 60.3 Å². The molecular formula is C50H60I9N9O20. The highest BCUT2D eigenvalue weighted by Crippen LogP contribution is 2.41. The minimum absolute atomic E-state index is 0.0232. The van der Waals surface area contributed by atoms with E-state index in [2.05, 4.69) is 42.5 Å². The van der Waals surface area contributed by atoms with Gasteiger partial charge < -0.3 is 104 Å². The molecule has 29 nitrogen and oxygen atoms in total. The van der Waals surface area contributed by atoms with E-state index >= 15 is 14.4 Å². The third kappa shape index (κ3) is 19.8. The van der Waals surface area contributed by atoms with E-state index < -0.39 is 179 Å². The van der Waals surface area contributed by atoms with Gasteiger partial charge in [-0.1, -0.05) is 0 Å². The number of hydrogen-bond donors (Lipinski definition) is 20. The highest BCUT2D eigenvalue weighted by Gasteiger charge is 2.47. The molecule has 88 heavy (non-hydrogen) atoms. The molecule has 0 fully saturated rings. The summed E-state index contributed by atoms with van der Waals surface area (Å²) in [5.74, 6) is -12.0. The van der Waals surface area contributed by atoms with Crippen LogP contribution in [0.2, 0.25) is 0 Å². The Labute approximate surface area is 625 Å². The summed E-state index contributed by atoms with van der Waals surface area (Å²) >= 11 is 15.2. The maximum absolute atomic E-state index is 15.4. The Kier molecular flexibility index (Phi) is 34.5. The normalized spacial score (nSPS) is 13.0. The molecule has 0 aliphatic carbocycles. The largest absolute Gasteiger partial charge is 0.396 e. The summed E-state index contributed by atoms with van der Waals surface area (Å²) in [6.45, 7) is -4.83. The Morgan fingerprint density at radius 3 is 0.932 bits per heavy atom. The maximum atomic E-state index is 15.4. The molecule has 0 saturated carbocycles. The number of rotatable bonds is 31. The van der Waals surface area contributed by atoms with Gasteiger partial charge in [0.1, 0.15) is 18.3 Å². The van der Waals surface area contributed by atoms with Crippen molar-refractivity contribution in [2.75, 3.05) is 81.9 Å². The molecule has 21 N–H and O–H groups in total. The summed E-state index contributed by atoms with van der Waals surface area (Å²) in [6, 6.07) is -4.22. The minimum atomic E-state index is -2.14. The molecule has 0 aromatic heterocycles. The average Bonchev–Trinajstić information content (AvgIpc) is 1.45. The zero-order chi connectivity index (χ0) is 67.1. The van der Waals surface area contributed by atoms with Crippen molar-refractivity contribution in [2.45, 2.75) is 63.6 Å². The van der Waals surface area contributed by atoms with Gasteiger partial charge in [0.15, 0.2) is 0 Å². The molecule has 1 unspecified atom stereocenters. The van der Waals surface area contributed by atoms with Gasteiger partial charge in [-0.05, 0) is 231 Å². The summed E-state index contributed by atoms with van der Waals surface area (Å²) in [5, 5.41) is 135. The number of benzene rings is 3. The summed E-state index contributed by atoms with van der Waals surface area (Å²) < 4.78 is -0.320. The Hall–Kier alpha value is -0.980. The van der Waals surface area contributed by atoms with Gasteiger partial charge in [0.05, 0.1) is 124 Å². The Morgan fingerprint density at radius 1 is 0.398 bits per heavy atom. The average molecular weight is 2250 g/mol. The van der Waals surface area contributed by atoms with Gasteiger partial charge >= 0.3 is 0 Å². The third-order valence-electron chi connectivity index (χ3n) is 13.1. The number of halogens is 9. The van der Waals surface area contributed by atoms with Crippen LogP contribution >= 0.6 is 203 Å². The number of anilines is 3. The van der Waals surface area contributed by atoms with Crippen molar-refractivity contribution >= 4 is 274 Å². The predicted octanol–water partition coefficient (Wildman–Crippen LogP) is -0.113. The van der Waals surface area contributed by atoms with Crippen LogP contribution < -0.4 is 48.3 Å². The van der Waals surface area contributed by atoms with Crippen LogP contribution in [0, 0.1) is 49.4 Å². The molecule has 0 heterocycles. The minimum Gasteiger partial charge on any atom is -0.396 e. The van der Waals surface area contributed by atoms with Crippen molar-refractivity contribution in [1.82, 2.24) is 26.6 Å². The fourth-order valence-electron chi connectivity index (χ4n) is 8.29. The molecule has 3 aromatic rings. The van der Waals surface area contributed by atoms with Crippen molar-refractivity contribution < 1.29 is 99.3 Å². The van der Waals surface area contributed by atoms with Crippen LogP contribution in [-0.2, 0) is 14.4 Å². The molecule has 38 heteroatoms. The Morgan fingerprint density at radius 2 is 0.670 bits per heavy atom. The smallest absolute Gasteiger partial charge is 0.253 e. The van der Waals surface area contributed by atoms with Crippen LogP contribution in [-0.4, -0.2) is 212 Å². The number of hydrogen-bond acceptors (Lipinski definition) is 20. The van der Waals surface area contributed by atoms with Crippen LogP contribution in [0.15, 0.2) is 0 Å². The fraction of sp³-hybridized carbons (Fsp3) is 0.460. The quantitative estimate of drug-likeness (QED) is 0.0374. The van der Waals surface area contributed by atoms with Crippen LogP contribution in [0.5, 0.6) is 0 Å². The van der Waals surface area contributed by atoms with E-state index in [0.29, 0.717) is 0 Å². The standard InChI is InChI=1S/C50H60I9N9O20/c1-15(77)42(81)65-37-31(54)22(41(60)80)28(51)25(34(37)57)49(88)68-40(19(7-71)8-72)50(4-18(5-69)6-70,13-61-45(84)23-29(52)26(47(86)63-20(9-73)10-74)35(58)38(32(23)55)66-43(82)16(2)78)14-62-46(85)24-30(53)27(48(87)64-21(11-75)12-76)36(59)39(33(24)56)67-44(83)17(3)79/h15-21,40,69-79H,4-14H2,1-3H3,(H2,60,80)(H,61,84)(H,62,85)(H,63,86)(H,64,87)(H,65,81)(H,66,82)(H,67,83)(H,68,88)/t15-,16-,17-,40?/m0/s1. The van der Waals surface area contributed by atoms with Crippen LogP contribution in [0.25, 0.3) is 0 Å². The lowest BCUT2D eigenvalue weighted by molar-refractivity contribution is -0.123. The van der Waals surface area contributed by atoms with Crippen molar-refractivity contribution in [3.63, 3.8) is 0 Å². The molecule has 488 valence electrons. The lowest BCUT2D eigenvalue weighted by atomic mass is 9.68. The number of aliphatic hydroxyl groups is 11. The molecule has 0 spiro atoms. The first kappa shape index (κ1) is 81.3. The zero-order valence-electron chi connectivity index (χ0n) is 46.0. The van der Waals surface area contributed by atoms with E-state index in [1.165, 1.54) is 0 Å². The first-order valence-electron chi connectivity index (χ1n) is 25.4. The van der Waals surface area contributed by atoms with Crippen LogP contribution in [0.1, 0.15) is 89.3 Å². The first-order valence-corrected chi connectivity index (χ1v) is 35.1. The molecule has 0 aliphatic heterocycles. The number of nitrogens with two attached hydrogens (primary N) is 1. The first-order chi connectivity index (χ1) is 41.2. The molecule has 0 bridgehead atoms. The van der Waals surface area contributed by atoms with Crippen LogP contribution in [0.4, 0.5) is 17.1 Å². The molecule has 3 rings (SSSR count). The summed E-state index contributed by atoms with van der Waals surface area (Å²) in [4.78, 5) is 127. The lowest BCUT2D eigenvalue weighted by Gasteiger charge is -2.46. The van der Waals surface area contributed by atoms with E-state index in [-0.39, 0.29) is 82.6 Å². The van der Waals surface area contributed by atoms with Gasteiger partial charge in [-0.2, -0.15) is 0 Å². The van der Waals surface area contributed by atoms with Crippen molar-refractivity contribution in [3.05, 3.63) is 65.5 Å². The van der Waals surface area contributed by atoms with E-state index in [1.54, 1.807) is 203 Å². The van der Waals surface area contributed by atoms with Gasteiger partial charge in [0.25, 0.3) is 53.2 Å². The lowest BCUT2D eigenvalue weighted by Crippen LogP contribution is -2.62. The van der Waals surface area contributed by atoms with Gasteiger partial charge in [-0.15, -0.1) is 0 Å². The van der Waals surface area contributed by atoms with Crippen molar-refractivity contribution in [1.29, 1.82) is 0 Å². The van der Waals surface area contributed by atoms with E-state index in [4.69, 9.17) is 5.73 Å². The van der Waals surface area contributed by atoms with Crippen molar-refractivity contribution in [2.24, 2.45) is 23.0 Å². The molecular weight excluding hydrogens is 2190 g/mol. The van der Waals surface area contributed by atoms with Crippen LogP contribution in [0.3, 0.4) is 0 Å².